The molecule has 0 saturated carbocycles. The fourth-order valence-electron chi connectivity index (χ4n) is 1.35. The molecular weight excluding hydrogens is 294 g/mol. The van der Waals surface area contributed by atoms with Crippen LogP contribution in [0.1, 0.15) is 38.7 Å². The molecule has 7 heteroatoms. The normalized spacial score (nSPS) is 11.7. The van der Waals surface area contributed by atoms with Gasteiger partial charge < -0.3 is 10.2 Å². The minimum absolute atomic E-state index is 0.133. The second kappa shape index (κ2) is 9.86. The third-order valence-electron chi connectivity index (χ3n) is 2.83. The zero-order valence-corrected chi connectivity index (χ0v) is 13.3. The van der Waals surface area contributed by atoms with Crippen molar-refractivity contribution in [1.82, 2.24) is 0 Å². The molecule has 0 unspecified atom stereocenters. The summed E-state index contributed by atoms with van der Waals surface area (Å²) >= 11 is 0. The van der Waals surface area contributed by atoms with Gasteiger partial charge in [0, 0.05) is 0 Å². The SMILES string of the molecule is CCC(O)(O)CC.NS(=O)(=O)OCCCc1ccccc1. The Morgan fingerprint density at radius 2 is 1.67 bits per heavy atom. The van der Waals surface area contributed by atoms with Gasteiger partial charge >= 0.3 is 10.3 Å². The van der Waals surface area contributed by atoms with Crippen LogP contribution in [0.5, 0.6) is 0 Å². The first-order valence-corrected chi connectivity index (χ1v) is 8.33. The van der Waals surface area contributed by atoms with Crippen molar-refractivity contribution in [2.45, 2.75) is 45.3 Å². The first-order valence-electron chi connectivity index (χ1n) is 6.86. The Hall–Kier alpha value is -0.990. The molecule has 0 aliphatic carbocycles. The van der Waals surface area contributed by atoms with Crippen LogP contribution in [0.15, 0.2) is 30.3 Å². The lowest BCUT2D eigenvalue weighted by Gasteiger charge is -2.15. The van der Waals surface area contributed by atoms with E-state index in [4.69, 9.17) is 10.2 Å². The molecule has 0 heterocycles. The third-order valence-corrected chi connectivity index (χ3v) is 3.33. The molecule has 1 rings (SSSR count). The Bertz CT molecular complexity index is 467. The Labute approximate surface area is 126 Å². The van der Waals surface area contributed by atoms with Gasteiger partial charge in [-0.05, 0) is 31.2 Å². The highest BCUT2D eigenvalue weighted by atomic mass is 32.2. The summed E-state index contributed by atoms with van der Waals surface area (Å²) in [6.45, 7) is 3.61. The minimum Gasteiger partial charge on any atom is -0.366 e. The first kappa shape index (κ1) is 20.0. The number of rotatable bonds is 7. The lowest BCUT2D eigenvalue weighted by molar-refractivity contribution is -0.163. The molecular formula is C14H25NO5S. The maximum Gasteiger partial charge on any atom is 0.333 e. The van der Waals surface area contributed by atoms with E-state index in [9.17, 15) is 8.42 Å². The molecule has 0 aliphatic rings. The van der Waals surface area contributed by atoms with Crippen molar-refractivity contribution < 1.29 is 22.8 Å². The van der Waals surface area contributed by atoms with Crippen molar-refractivity contribution in [3.63, 3.8) is 0 Å². The molecule has 0 fully saturated rings. The van der Waals surface area contributed by atoms with Gasteiger partial charge in [0.05, 0.1) is 6.61 Å². The van der Waals surface area contributed by atoms with Gasteiger partial charge in [-0.2, -0.15) is 8.42 Å². The van der Waals surface area contributed by atoms with E-state index in [1.165, 1.54) is 0 Å². The van der Waals surface area contributed by atoms with Crippen LogP contribution in [-0.4, -0.2) is 31.0 Å². The number of nitrogens with two attached hydrogens (primary N) is 1. The molecule has 0 amide bonds. The van der Waals surface area contributed by atoms with E-state index in [2.05, 4.69) is 9.32 Å². The van der Waals surface area contributed by atoms with Gasteiger partial charge in [-0.15, -0.1) is 0 Å². The van der Waals surface area contributed by atoms with Crippen LogP contribution in [0, 0.1) is 0 Å². The standard InChI is InChI=1S/C9H13NO3S.C5H12O2/c10-14(11,12)13-8-4-7-9-5-2-1-3-6-9;1-3-5(6,7)4-2/h1-3,5-6H,4,7-8H2,(H2,10,11,12);6-7H,3-4H2,1-2H3. The van der Waals surface area contributed by atoms with Crippen LogP contribution in [0.2, 0.25) is 0 Å². The molecule has 0 saturated heterocycles. The molecule has 0 aromatic heterocycles. The number of aryl methyl sites for hydroxylation is 1. The van der Waals surface area contributed by atoms with E-state index in [-0.39, 0.29) is 6.61 Å². The molecule has 0 aliphatic heterocycles. The highest BCUT2D eigenvalue weighted by molar-refractivity contribution is 7.84. The van der Waals surface area contributed by atoms with Gasteiger partial charge in [-0.1, -0.05) is 44.2 Å². The van der Waals surface area contributed by atoms with Crippen LogP contribution in [-0.2, 0) is 20.9 Å². The maximum absolute atomic E-state index is 10.4. The quantitative estimate of drug-likeness (QED) is 0.519. The predicted octanol–water partition coefficient (Wildman–Crippen LogP) is 1.33. The molecule has 0 spiro atoms. The second-order valence-electron chi connectivity index (χ2n) is 4.59. The molecule has 1 aromatic rings. The topological polar surface area (TPSA) is 110 Å². The largest absolute Gasteiger partial charge is 0.366 e. The minimum atomic E-state index is -3.78. The molecule has 6 nitrogen and oxygen atoms in total. The van der Waals surface area contributed by atoms with E-state index in [1.807, 2.05) is 30.3 Å². The summed E-state index contributed by atoms with van der Waals surface area (Å²) < 4.78 is 25.2. The van der Waals surface area contributed by atoms with Gasteiger partial charge in [-0.25, -0.2) is 5.14 Å². The number of hydrogen-bond acceptors (Lipinski definition) is 5. The van der Waals surface area contributed by atoms with Crippen molar-refractivity contribution in [2.75, 3.05) is 6.61 Å². The highest BCUT2D eigenvalue weighted by Crippen LogP contribution is 2.07. The predicted molar refractivity (Wildman–Crippen MR) is 81.6 cm³/mol. The fourth-order valence-corrected chi connectivity index (χ4v) is 1.70. The summed E-state index contributed by atoms with van der Waals surface area (Å²) in [6.07, 6.45) is 2.24. The zero-order valence-electron chi connectivity index (χ0n) is 12.5. The van der Waals surface area contributed by atoms with E-state index in [0.29, 0.717) is 19.3 Å². The van der Waals surface area contributed by atoms with E-state index >= 15 is 0 Å². The van der Waals surface area contributed by atoms with Gasteiger partial charge in [0.2, 0.25) is 0 Å². The highest BCUT2D eigenvalue weighted by Gasteiger charge is 2.15. The van der Waals surface area contributed by atoms with Crippen molar-refractivity contribution in [1.29, 1.82) is 0 Å². The van der Waals surface area contributed by atoms with Crippen molar-refractivity contribution in [3.05, 3.63) is 35.9 Å². The Morgan fingerprint density at radius 1 is 1.14 bits per heavy atom. The van der Waals surface area contributed by atoms with Crippen molar-refractivity contribution >= 4 is 10.3 Å². The molecule has 21 heavy (non-hydrogen) atoms. The number of aliphatic hydroxyl groups is 2. The van der Waals surface area contributed by atoms with Crippen LogP contribution in [0.4, 0.5) is 0 Å². The molecule has 4 N–H and O–H groups in total. The van der Waals surface area contributed by atoms with Gasteiger partial charge in [0.1, 0.15) is 0 Å². The molecule has 0 radical (unpaired) electrons. The van der Waals surface area contributed by atoms with Gasteiger partial charge in [0.25, 0.3) is 0 Å². The summed E-state index contributed by atoms with van der Waals surface area (Å²) in [7, 11) is -3.78. The summed E-state index contributed by atoms with van der Waals surface area (Å²) in [5.74, 6) is -1.42. The summed E-state index contributed by atoms with van der Waals surface area (Å²) in [4.78, 5) is 0. The number of hydrogen-bond donors (Lipinski definition) is 3. The summed E-state index contributed by atoms with van der Waals surface area (Å²) in [5, 5.41) is 22.0. The number of benzene rings is 1. The average Bonchev–Trinajstić information content (AvgIpc) is 2.44. The van der Waals surface area contributed by atoms with Crippen LogP contribution in [0.3, 0.4) is 0 Å². The average molecular weight is 319 g/mol. The van der Waals surface area contributed by atoms with Crippen LogP contribution < -0.4 is 5.14 Å². The Morgan fingerprint density at radius 3 is 2.05 bits per heavy atom. The first-order chi connectivity index (χ1) is 9.70. The molecule has 122 valence electrons. The summed E-state index contributed by atoms with van der Waals surface area (Å²) in [5.41, 5.74) is 1.16. The van der Waals surface area contributed by atoms with E-state index < -0.39 is 16.1 Å². The maximum atomic E-state index is 10.4. The van der Waals surface area contributed by atoms with Crippen LogP contribution >= 0.6 is 0 Å². The molecule has 0 atom stereocenters. The van der Waals surface area contributed by atoms with Gasteiger partial charge in [0.15, 0.2) is 5.79 Å². The Balaban J connectivity index is 0.000000486. The van der Waals surface area contributed by atoms with Crippen molar-refractivity contribution in [2.24, 2.45) is 5.14 Å². The molecule has 0 bridgehead atoms. The van der Waals surface area contributed by atoms with Crippen LogP contribution in [0.25, 0.3) is 0 Å². The smallest absolute Gasteiger partial charge is 0.333 e. The zero-order chi connectivity index (χ0) is 16.4. The molecule has 1 aromatic carbocycles. The fraction of sp³-hybridized carbons (Fsp3) is 0.571. The van der Waals surface area contributed by atoms with E-state index in [1.54, 1.807) is 13.8 Å². The third kappa shape index (κ3) is 12.5. The van der Waals surface area contributed by atoms with E-state index in [0.717, 1.165) is 12.0 Å². The lowest BCUT2D eigenvalue weighted by atomic mass is 10.1. The van der Waals surface area contributed by atoms with Crippen molar-refractivity contribution in [3.8, 4) is 0 Å². The summed E-state index contributed by atoms with van der Waals surface area (Å²) in [6, 6.07) is 9.78. The second-order valence-corrected chi connectivity index (χ2v) is 5.81. The Kier molecular flexibility index (Phi) is 9.39. The monoisotopic (exact) mass is 319 g/mol. The van der Waals surface area contributed by atoms with Gasteiger partial charge in [-0.3, -0.25) is 4.18 Å². The lowest BCUT2D eigenvalue weighted by Crippen LogP contribution is -2.24.